The van der Waals surface area contributed by atoms with E-state index in [2.05, 4.69) is 15.2 Å². The largest absolute Gasteiger partial charge is 0.391 e. The number of aromatic amines is 1. The number of aromatic nitrogens is 3. The van der Waals surface area contributed by atoms with Crippen LogP contribution < -0.4 is 5.73 Å². The molecule has 5 nitrogen and oxygen atoms in total. The Labute approximate surface area is 93.3 Å². The van der Waals surface area contributed by atoms with E-state index < -0.39 is 12.1 Å². The Hall–Kier alpha value is -1.72. The van der Waals surface area contributed by atoms with Gasteiger partial charge in [0, 0.05) is 5.56 Å². The van der Waals surface area contributed by atoms with Gasteiger partial charge in [0.2, 0.25) is 0 Å². The summed E-state index contributed by atoms with van der Waals surface area (Å²) in [4.78, 5) is 4.25. The Morgan fingerprint density at radius 1 is 1.31 bits per heavy atom. The number of aliphatic hydroxyl groups excluding tert-OH is 1. The number of nitrogens with zero attached hydrogens (tertiary/aromatic N) is 2. The van der Waals surface area contributed by atoms with E-state index in [1.54, 1.807) is 6.92 Å². The maximum Gasteiger partial charge on any atom is 0.181 e. The highest BCUT2D eigenvalue weighted by Crippen LogP contribution is 2.16. The molecule has 0 aliphatic carbocycles. The molecule has 2 atom stereocenters. The molecule has 1 aromatic carbocycles. The lowest BCUT2D eigenvalue weighted by atomic mass is 10.2. The number of rotatable bonds is 3. The van der Waals surface area contributed by atoms with Gasteiger partial charge in [-0.3, -0.25) is 5.10 Å². The summed E-state index contributed by atoms with van der Waals surface area (Å²) in [5, 5.41) is 16.1. The lowest BCUT2D eigenvalue weighted by Crippen LogP contribution is -2.24. The molecule has 0 spiro atoms. The third kappa shape index (κ3) is 2.10. The molecule has 1 heterocycles. The molecule has 2 aromatic rings. The van der Waals surface area contributed by atoms with E-state index in [1.165, 1.54) is 0 Å². The topological polar surface area (TPSA) is 87.8 Å². The summed E-state index contributed by atoms with van der Waals surface area (Å²) in [5.41, 5.74) is 6.66. The molecule has 0 saturated heterocycles. The zero-order valence-electron chi connectivity index (χ0n) is 8.96. The number of aliphatic hydroxyl groups is 1. The van der Waals surface area contributed by atoms with Crippen LogP contribution in [0.4, 0.5) is 0 Å². The standard InChI is InChI=1S/C11H14N4O/c1-7(16)9(12)11-13-10(14-15-11)8-5-3-2-4-6-8/h2-7,9,16H,12H2,1H3,(H,13,14,15). The van der Waals surface area contributed by atoms with Crippen molar-refractivity contribution in [2.75, 3.05) is 0 Å². The molecule has 16 heavy (non-hydrogen) atoms. The Bertz CT molecular complexity index is 452. The van der Waals surface area contributed by atoms with Crippen LogP contribution in [-0.2, 0) is 0 Å². The Balaban J connectivity index is 2.27. The van der Waals surface area contributed by atoms with Gasteiger partial charge in [-0.2, -0.15) is 5.10 Å². The second kappa shape index (κ2) is 4.42. The van der Waals surface area contributed by atoms with Crippen LogP contribution in [0.15, 0.2) is 30.3 Å². The second-order valence-corrected chi connectivity index (χ2v) is 3.68. The first kappa shape index (κ1) is 10.8. The SMILES string of the molecule is CC(O)C(N)c1nc(-c2ccccc2)n[nH]1. The molecule has 5 heteroatoms. The van der Waals surface area contributed by atoms with Crippen molar-refractivity contribution in [3.05, 3.63) is 36.2 Å². The normalized spacial score (nSPS) is 14.7. The lowest BCUT2D eigenvalue weighted by molar-refractivity contribution is 0.161. The van der Waals surface area contributed by atoms with Gasteiger partial charge in [0.05, 0.1) is 12.1 Å². The predicted octanol–water partition coefficient (Wildman–Crippen LogP) is 0.852. The van der Waals surface area contributed by atoms with E-state index in [0.29, 0.717) is 11.6 Å². The Kier molecular flexibility index (Phi) is 2.98. The fourth-order valence-corrected chi connectivity index (χ4v) is 1.37. The quantitative estimate of drug-likeness (QED) is 0.712. The summed E-state index contributed by atoms with van der Waals surface area (Å²) in [6.07, 6.45) is -0.656. The molecule has 4 N–H and O–H groups in total. The molecule has 2 unspecified atom stereocenters. The molecule has 0 fully saturated rings. The van der Waals surface area contributed by atoms with Gasteiger partial charge < -0.3 is 10.8 Å². The van der Waals surface area contributed by atoms with Gasteiger partial charge in [0.25, 0.3) is 0 Å². The van der Waals surface area contributed by atoms with Crippen LogP contribution in [-0.4, -0.2) is 26.4 Å². The van der Waals surface area contributed by atoms with E-state index in [1.807, 2.05) is 30.3 Å². The summed E-state index contributed by atoms with van der Waals surface area (Å²) in [6, 6.07) is 9.06. The molecular weight excluding hydrogens is 204 g/mol. The third-order valence-corrected chi connectivity index (χ3v) is 2.37. The first-order valence-electron chi connectivity index (χ1n) is 5.10. The van der Waals surface area contributed by atoms with Gasteiger partial charge in [-0.25, -0.2) is 4.98 Å². The molecule has 0 amide bonds. The number of hydrogen-bond donors (Lipinski definition) is 3. The van der Waals surface area contributed by atoms with Gasteiger partial charge >= 0.3 is 0 Å². The number of nitrogens with one attached hydrogen (secondary N) is 1. The summed E-state index contributed by atoms with van der Waals surface area (Å²) in [6.45, 7) is 1.62. The second-order valence-electron chi connectivity index (χ2n) is 3.68. The summed E-state index contributed by atoms with van der Waals surface area (Å²) < 4.78 is 0. The minimum atomic E-state index is -0.656. The Morgan fingerprint density at radius 3 is 2.62 bits per heavy atom. The average molecular weight is 218 g/mol. The van der Waals surface area contributed by atoms with Crippen LogP contribution in [0.5, 0.6) is 0 Å². The monoisotopic (exact) mass is 218 g/mol. The van der Waals surface area contributed by atoms with E-state index in [-0.39, 0.29) is 0 Å². The van der Waals surface area contributed by atoms with E-state index >= 15 is 0 Å². The molecule has 0 bridgehead atoms. The average Bonchev–Trinajstić information content (AvgIpc) is 2.78. The van der Waals surface area contributed by atoms with E-state index in [9.17, 15) is 5.11 Å². The molecule has 0 aliphatic heterocycles. The highest BCUT2D eigenvalue weighted by atomic mass is 16.3. The number of benzene rings is 1. The molecule has 2 rings (SSSR count). The smallest absolute Gasteiger partial charge is 0.181 e. The van der Waals surface area contributed by atoms with Crippen LogP contribution in [0.3, 0.4) is 0 Å². The van der Waals surface area contributed by atoms with Gasteiger partial charge in [0.15, 0.2) is 5.82 Å². The number of hydrogen-bond acceptors (Lipinski definition) is 4. The molecular formula is C11H14N4O. The maximum absolute atomic E-state index is 9.34. The first-order valence-corrected chi connectivity index (χ1v) is 5.10. The molecule has 0 saturated carbocycles. The van der Waals surface area contributed by atoms with Gasteiger partial charge in [-0.15, -0.1) is 0 Å². The van der Waals surface area contributed by atoms with Crippen molar-refractivity contribution in [1.82, 2.24) is 15.2 Å². The molecule has 0 aliphatic rings. The number of H-pyrrole nitrogens is 1. The van der Waals surface area contributed by atoms with Crippen LogP contribution in [0.2, 0.25) is 0 Å². The van der Waals surface area contributed by atoms with Gasteiger partial charge in [-0.05, 0) is 6.92 Å². The van der Waals surface area contributed by atoms with E-state index in [0.717, 1.165) is 5.56 Å². The maximum atomic E-state index is 9.34. The van der Waals surface area contributed by atoms with Crippen molar-refractivity contribution in [3.63, 3.8) is 0 Å². The summed E-state index contributed by atoms with van der Waals surface area (Å²) in [7, 11) is 0. The lowest BCUT2D eigenvalue weighted by Gasteiger charge is -2.10. The fourth-order valence-electron chi connectivity index (χ4n) is 1.37. The van der Waals surface area contributed by atoms with Crippen molar-refractivity contribution in [1.29, 1.82) is 0 Å². The fraction of sp³-hybridized carbons (Fsp3) is 0.273. The van der Waals surface area contributed by atoms with Gasteiger partial charge in [0.1, 0.15) is 5.82 Å². The zero-order valence-corrected chi connectivity index (χ0v) is 8.96. The van der Waals surface area contributed by atoms with Crippen molar-refractivity contribution < 1.29 is 5.11 Å². The summed E-state index contributed by atoms with van der Waals surface area (Å²) in [5.74, 6) is 1.08. The molecule has 0 radical (unpaired) electrons. The van der Waals surface area contributed by atoms with Crippen molar-refractivity contribution in [2.45, 2.75) is 19.1 Å². The predicted molar refractivity (Wildman–Crippen MR) is 60.4 cm³/mol. The van der Waals surface area contributed by atoms with Crippen LogP contribution in [0.1, 0.15) is 18.8 Å². The van der Waals surface area contributed by atoms with Crippen molar-refractivity contribution in [2.24, 2.45) is 5.73 Å². The van der Waals surface area contributed by atoms with Gasteiger partial charge in [-0.1, -0.05) is 30.3 Å². The first-order chi connectivity index (χ1) is 7.68. The van der Waals surface area contributed by atoms with Crippen LogP contribution >= 0.6 is 0 Å². The van der Waals surface area contributed by atoms with Crippen LogP contribution in [0.25, 0.3) is 11.4 Å². The van der Waals surface area contributed by atoms with E-state index in [4.69, 9.17) is 5.73 Å². The van der Waals surface area contributed by atoms with Crippen LogP contribution in [0, 0.1) is 0 Å². The minimum Gasteiger partial charge on any atom is -0.391 e. The Morgan fingerprint density at radius 2 is 2.00 bits per heavy atom. The van der Waals surface area contributed by atoms with Crippen molar-refractivity contribution >= 4 is 0 Å². The highest BCUT2D eigenvalue weighted by Gasteiger charge is 2.16. The minimum absolute atomic E-state index is 0.494. The van der Waals surface area contributed by atoms with Crippen molar-refractivity contribution in [3.8, 4) is 11.4 Å². The number of nitrogens with two attached hydrogens (primary N) is 1. The molecule has 84 valence electrons. The third-order valence-electron chi connectivity index (χ3n) is 2.37. The zero-order chi connectivity index (χ0) is 11.5. The summed E-state index contributed by atoms with van der Waals surface area (Å²) >= 11 is 0. The highest BCUT2D eigenvalue weighted by molar-refractivity contribution is 5.53. The molecule has 1 aromatic heterocycles.